The minimum Gasteiger partial charge on any atom is -0.352 e. The van der Waals surface area contributed by atoms with Gasteiger partial charge in [0.15, 0.2) is 0 Å². The first-order valence-corrected chi connectivity index (χ1v) is 7.15. The summed E-state index contributed by atoms with van der Waals surface area (Å²) in [5.74, 6) is 0.394. The van der Waals surface area contributed by atoms with E-state index in [-0.39, 0.29) is 11.3 Å². The maximum absolute atomic E-state index is 12.0. The highest BCUT2D eigenvalue weighted by atomic mass is 35.5. The van der Waals surface area contributed by atoms with Crippen molar-refractivity contribution in [2.24, 2.45) is 5.92 Å². The van der Waals surface area contributed by atoms with Gasteiger partial charge in [-0.3, -0.25) is 4.79 Å². The summed E-state index contributed by atoms with van der Waals surface area (Å²) in [4.78, 5) is 12.0. The maximum Gasteiger partial charge on any atom is 0.252 e. The zero-order valence-corrected chi connectivity index (χ0v) is 11.7. The van der Waals surface area contributed by atoms with Crippen molar-refractivity contribution in [2.45, 2.75) is 31.1 Å². The summed E-state index contributed by atoms with van der Waals surface area (Å²) in [6, 6.07) is 7.10. The monoisotopic (exact) mass is 285 g/mol. The molecule has 0 heterocycles. The second-order valence-electron chi connectivity index (χ2n) is 4.82. The molecule has 2 nitrogen and oxygen atoms in total. The van der Waals surface area contributed by atoms with E-state index in [9.17, 15) is 4.79 Å². The van der Waals surface area contributed by atoms with Gasteiger partial charge in [-0.25, -0.2) is 0 Å². The first-order chi connectivity index (χ1) is 8.66. The molecule has 2 unspecified atom stereocenters. The molecule has 1 amide bonds. The van der Waals surface area contributed by atoms with E-state index in [0.717, 1.165) is 25.7 Å². The van der Waals surface area contributed by atoms with Crippen molar-refractivity contribution < 1.29 is 4.79 Å². The number of nitrogens with one attached hydrogen (secondary N) is 1. The summed E-state index contributed by atoms with van der Waals surface area (Å²) in [6.07, 6.45) is 4.38. The Morgan fingerprint density at radius 2 is 2.11 bits per heavy atom. The fourth-order valence-corrected chi connectivity index (χ4v) is 3.02. The standard InChI is InChI=1S/C14H17Cl2NO/c15-11-5-3-4-10(8-11)9-17-14(18)12-6-1-2-7-13(12)16/h1-2,6-7,10-11H,3-5,8-9H2,(H,17,18). The van der Waals surface area contributed by atoms with Crippen LogP contribution in [-0.2, 0) is 0 Å². The molecular weight excluding hydrogens is 269 g/mol. The van der Waals surface area contributed by atoms with Crippen LogP contribution in [-0.4, -0.2) is 17.8 Å². The van der Waals surface area contributed by atoms with E-state index in [1.807, 2.05) is 12.1 Å². The van der Waals surface area contributed by atoms with Gasteiger partial charge in [0.25, 0.3) is 5.91 Å². The molecule has 1 aromatic carbocycles. The van der Waals surface area contributed by atoms with Crippen LogP contribution in [0.2, 0.25) is 5.02 Å². The molecule has 2 rings (SSSR count). The summed E-state index contributed by atoms with van der Waals surface area (Å²) in [5, 5.41) is 3.71. The van der Waals surface area contributed by atoms with Crippen LogP contribution in [0.3, 0.4) is 0 Å². The summed E-state index contributed by atoms with van der Waals surface area (Å²) >= 11 is 12.1. The van der Waals surface area contributed by atoms with Crippen molar-refractivity contribution in [3.8, 4) is 0 Å². The molecule has 98 valence electrons. The topological polar surface area (TPSA) is 29.1 Å². The Bertz CT molecular complexity index is 422. The highest BCUT2D eigenvalue weighted by Gasteiger charge is 2.21. The smallest absolute Gasteiger partial charge is 0.252 e. The van der Waals surface area contributed by atoms with Crippen molar-refractivity contribution in [3.63, 3.8) is 0 Å². The van der Waals surface area contributed by atoms with E-state index < -0.39 is 0 Å². The molecule has 1 fully saturated rings. The van der Waals surface area contributed by atoms with E-state index in [1.54, 1.807) is 12.1 Å². The molecule has 4 heteroatoms. The average Bonchev–Trinajstić information content (AvgIpc) is 2.37. The molecule has 2 atom stereocenters. The highest BCUT2D eigenvalue weighted by Crippen LogP contribution is 2.27. The van der Waals surface area contributed by atoms with Crippen molar-refractivity contribution in [1.29, 1.82) is 0 Å². The summed E-state index contributed by atoms with van der Waals surface area (Å²) in [7, 11) is 0. The summed E-state index contributed by atoms with van der Waals surface area (Å²) in [5.41, 5.74) is 0.539. The van der Waals surface area contributed by atoms with Crippen LogP contribution < -0.4 is 5.32 Å². The fraction of sp³-hybridized carbons (Fsp3) is 0.500. The number of carbonyl (C=O) groups excluding carboxylic acids is 1. The van der Waals surface area contributed by atoms with E-state index in [4.69, 9.17) is 23.2 Å². The van der Waals surface area contributed by atoms with Gasteiger partial charge in [0.1, 0.15) is 0 Å². The molecule has 0 radical (unpaired) electrons. The van der Waals surface area contributed by atoms with Crippen molar-refractivity contribution >= 4 is 29.1 Å². The number of benzene rings is 1. The second-order valence-corrected chi connectivity index (χ2v) is 5.84. The van der Waals surface area contributed by atoms with Gasteiger partial charge >= 0.3 is 0 Å². The summed E-state index contributed by atoms with van der Waals surface area (Å²) in [6.45, 7) is 0.688. The first kappa shape index (κ1) is 13.7. The lowest BCUT2D eigenvalue weighted by Crippen LogP contribution is -2.32. The van der Waals surface area contributed by atoms with Crippen molar-refractivity contribution in [3.05, 3.63) is 34.9 Å². The van der Waals surface area contributed by atoms with E-state index >= 15 is 0 Å². The predicted molar refractivity (Wildman–Crippen MR) is 75.4 cm³/mol. The molecule has 18 heavy (non-hydrogen) atoms. The van der Waals surface area contributed by atoms with Gasteiger partial charge in [0.05, 0.1) is 10.6 Å². The van der Waals surface area contributed by atoms with Gasteiger partial charge in [-0.1, -0.05) is 30.2 Å². The van der Waals surface area contributed by atoms with Gasteiger partial charge < -0.3 is 5.32 Å². The highest BCUT2D eigenvalue weighted by molar-refractivity contribution is 6.33. The largest absolute Gasteiger partial charge is 0.352 e. The zero-order chi connectivity index (χ0) is 13.0. The van der Waals surface area contributed by atoms with Crippen LogP contribution in [0.15, 0.2) is 24.3 Å². The molecule has 1 aromatic rings. The van der Waals surface area contributed by atoms with Crippen molar-refractivity contribution in [1.82, 2.24) is 5.32 Å². The van der Waals surface area contributed by atoms with Crippen LogP contribution in [0, 0.1) is 5.92 Å². The zero-order valence-electron chi connectivity index (χ0n) is 10.2. The fourth-order valence-electron chi connectivity index (χ4n) is 2.39. The minimum absolute atomic E-state index is 0.0997. The number of carbonyl (C=O) groups is 1. The third-order valence-corrected chi connectivity index (χ3v) is 4.11. The third kappa shape index (κ3) is 3.63. The van der Waals surface area contributed by atoms with Crippen LogP contribution in [0.1, 0.15) is 36.0 Å². The Morgan fingerprint density at radius 3 is 2.83 bits per heavy atom. The molecule has 0 saturated heterocycles. The lowest BCUT2D eigenvalue weighted by molar-refractivity contribution is 0.0944. The molecular formula is C14H17Cl2NO. The minimum atomic E-state index is -0.0997. The predicted octanol–water partition coefficient (Wildman–Crippen LogP) is 3.87. The Labute approximate surface area is 118 Å². The molecule has 0 bridgehead atoms. The Kier molecular flexibility index (Phi) is 4.90. The second kappa shape index (κ2) is 6.44. The quantitative estimate of drug-likeness (QED) is 0.840. The molecule has 0 spiro atoms. The van der Waals surface area contributed by atoms with Gasteiger partial charge in [-0.2, -0.15) is 0 Å². The lowest BCUT2D eigenvalue weighted by Gasteiger charge is -2.25. The lowest BCUT2D eigenvalue weighted by atomic mass is 9.89. The molecule has 0 aliphatic heterocycles. The van der Waals surface area contributed by atoms with Crippen LogP contribution >= 0.6 is 23.2 Å². The summed E-state index contributed by atoms with van der Waals surface area (Å²) < 4.78 is 0. The molecule has 1 N–H and O–H groups in total. The number of amides is 1. The Hall–Kier alpha value is -0.730. The van der Waals surface area contributed by atoms with Gasteiger partial charge in [-0.05, 0) is 37.3 Å². The number of halogens is 2. The Morgan fingerprint density at radius 1 is 1.33 bits per heavy atom. The molecule has 0 aromatic heterocycles. The van der Waals surface area contributed by atoms with Gasteiger partial charge in [-0.15, -0.1) is 11.6 Å². The van der Waals surface area contributed by atoms with Crippen LogP contribution in [0.4, 0.5) is 0 Å². The number of rotatable bonds is 3. The first-order valence-electron chi connectivity index (χ1n) is 6.33. The molecule has 1 aliphatic carbocycles. The van der Waals surface area contributed by atoms with Crippen LogP contribution in [0.5, 0.6) is 0 Å². The third-order valence-electron chi connectivity index (χ3n) is 3.39. The number of alkyl halides is 1. The molecule has 1 aliphatic rings. The molecule has 1 saturated carbocycles. The Balaban J connectivity index is 1.87. The normalized spacial score (nSPS) is 23.7. The van der Waals surface area contributed by atoms with E-state index in [1.165, 1.54) is 0 Å². The average molecular weight is 286 g/mol. The van der Waals surface area contributed by atoms with Gasteiger partial charge in [0, 0.05) is 11.9 Å². The number of hydrogen-bond acceptors (Lipinski definition) is 1. The van der Waals surface area contributed by atoms with Crippen LogP contribution in [0.25, 0.3) is 0 Å². The van der Waals surface area contributed by atoms with E-state index in [2.05, 4.69) is 5.32 Å². The van der Waals surface area contributed by atoms with Gasteiger partial charge in [0.2, 0.25) is 0 Å². The van der Waals surface area contributed by atoms with E-state index in [0.29, 0.717) is 23.0 Å². The maximum atomic E-state index is 12.0. The SMILES string of the molecule is O=C(NCC1CCCC(Cl)C1)c1ccccc1Cl. The number of hydrogen-bond donors (Lipinski definition) is 1. The van der Waals surface area contributed by atoms with Crippen molar-refractivity contribution in [2.75, 3.05) is 6.54 Å².